The van der Waals surface area contributed by atoms with Crippen molar-refractivity contribution in [1.29, 1.82) is 0 Å². The Kier molecular flexibility index (Phi) is 1.23. The van der Waals surface area contributed by atoms with Crippen molar-refractivity contribution in [1.82, 2.24) is 0 Å². The molecule has 0 aliphatic heterocycles. The number of fused-ring (bicyclic) bond motifs is 1. The zero-order valence-corrected chi connectivity index (χ0v) is 9.06. The van der Waals surface area contributed by atoms with Crippen LogP contribution in [0.4, 0.5) is 4.39 Å². The normalized spacial score (nSPS) is 58.4. The van der Waals surface area contributed by atoms with Crippen molar-refractivity contribution in [2.75, 3.05) is 0 Å². The van der Waals surface area contributed by atoms with Gasteiger partial charge in [-0.2, -0.15) is 0 Å². The first-order valence-corrected chi connectivity index (χ1v) is 5.52. The average molecular weight is 196 g/mol. The van der Waals surface area contributed by atoms with E-state index in [4.69, 9.17) is 0 Å². The van der Waals surface area contributed by atoms with Gasteiger partial charge in [-0.05, 0) is 36.0 Å². The van der Waals surface area contributed by atoms with Gasteiger partial charge in [-0.3, -0.25) is 4.79 Å². The Morgan fingerprint density at radius 1 is 1.29 bits per heavy atom. The smallest absolute Gasteiger partial charge is 0.173 e. The summed E-state index contributed by atoms with van der Waals surface area (Å²) in [5.41, 5.74) is -1.44. The molecule has 0 aromatic heterocycles. The van der Waals surface area contributed by atoms with Crippen LogP contribution in [0.2, 0.25) is 0 Å². The Bertz CT molecular complexity index is 335. The summed E-state index contributed by atoms with van der Waals surface area (Å²) in [6.45, 7) is 6.33. The summed E-state index contributed by atoms with van der Waals surface area (Å²) in [7, 11) is 0. The van der Waals surface area contributed by atoms with Crippen LogP contribution in [0.5, 0.6) is 0 Å². The first-order valence-electron chi connectivity index (χ1n) is 5.52. The highest BCUT2D eigenvalue weighted by Gasteiger charge is 2.74. The highest BCUT2D eigenvalue weighted by Crippen LogP contribution is 2.72. The monoisotopic (exact) mass is 196 g/mol. The summed E-state index contributed by atoms with van der Waals surface area (Å²) >= 11 is 0. The third-order valence-corrected chi connectivity index (χ3v) is 4.99. The number of hydrogen-bond acceptors (Lipinski definition) is 1. The molecule has 4 unspecified atom stereocenters. The Hall–Kier alpha value is -0.400. The zero-order chi connectivity index (χ0) is 10.4. The van der Waals surface area contributed by atoms with Crippen LogP contribution in [0.25, 0.3) is 0 Å². The van der Waals surface area contributed by atoms with Crippen molar-refractivity contribution in [3.05, 3.63) is 0 Å². The van der Waals surface area contributed by atoms with Gasteiger partial charge in [-0.25, -0.2) is 4.39 Å². The summed E-state index contributed by atoms with van der Waals surface area (Å²) in [6, 6.07) is 0. The molecular formula is C12H17FO. The average Bonchev–Trinajstić information content (AvgIpc) is 2.10. The second kappa shape index (κ2) is 1.94. The van der Waals surface area contributed by atoms with E-state index in [1.54, 1.807) is 0 Å². The standard InChI is InChI=1S/C12H17FO/c1-10(2)5-12(13)6-11(3)4-7(10)8(11)9(12)14/h7-8H,4-6H2,1-3H3. The summed E-state index contributed by atoms with van der Waals surface area (Å²) in [4.78, 5) is 11.9. The minimum absolute atomic E-state index is 0.00424. The topological polar surface area (TPSA) is 17.1 Å². The highest BCUT2D eigenvalue weighted by atomic mass is 19.1. The molecule has 4 atom stereocenters. The quantitative estimate of drug-likeness (QED) is 0.582. The van der Waals surface area contributed by atoms with Crippen LogP contribution in [-0.4, -0.2) is 11.5 Å². The van der Waals surface area contributed by atoms with Crippen LogP contribution in [-0.2, 0) is 4.79 Å². The van der Waals surface area contributed by atoms with Gasteiger partial charge in [0.15, 0.2) is 11.5 Å². The summed E-state index contributed by atoms with van der Waals surface area (Å²) in [5, 5.41) is 0. The highest BCUT2D eigenvalue weighted by molar-refractivity contribution is 5.95. The van der Waals surface area contributed by atoms with Gasteiger partial charge >= 0.3 is 0 Å². The SMILES string of the molecule is CC1(C)CC2(F)CC3(C)CC1C3C2=O. The maximum atomic E-state index is 14.4. The molecule has 0 heterocycles. The number of rotatable bonds is 0. The third kappa shape index (κ3) is 0.718. The number of carbonyl (C=O) groups excluding carboxylic acids is 1. The molecule has 3 aliphatic carbocycles. The lowest BCUT2D eigenvalue weighted by Gasteiger charge is -2.55. The van der Waals surface area contributed by atoms with Gasteiger partial charge in [-0.1, -0.05) is 20.8 Å². The van der Waals surface area contributed by atoms with Gasteiger partial charge in [0.25, 0.3) is 0 Å². The fourth-order valence-electron chi connectivity index (χ4n) is 4.49. The lowest BCUT2D eigenvalue weighted by Crippen LogP contribution is -2.55. The fraction of sp³-hybridized carbons (Fsp3) is 0.917. The Labute approximate surface area is 84.1 Å². The van der Waals surface area contributed by atoms with Crippen LogP contribution in [0.1, 0.15) is 40.0 Å². The molecular weight excluding hydrogens is 179 g/mol. The summed E-state index contributed by atoms with van der Waals surface area (Å²) < 4.78 is 14.4. The molecule has 1 nitrogen and oxygen atoms in total. The molecule has 0 aromatic carbocycles. The largest absolute Gasteiger partial charge is 0.296 e. The predicted octanol–water partition coefficient (Wildman–Crippen LogP) is 2.74. The lowest BCUT2D eigenvalue weighted by atomic mass is 9.48. The fourth-order valence-corrected chi connectivity index (χ4v) is 4.49. The molecule has 14 heavy (non-hydrogen) atoms. The van der Waals surface area contributed by atoms with Crippen LogP contribution in [0.15, 0.2) is 0 Å². The molecule has 78 valence electrons. The van der Waals surface area contributed by atoms with E-state index in [9.17, 15) is 9.18 Å². The Morgan fingerprint density at radius 2 is 1.93 bits per heavy atom. The zero-order valence-electron chi connectivity index (χ0n) is 9.06. The third-order valence-electron chi connectivity index (χ3n) is 4.99. The number of Topliss-reactive ketones (excluding diaryl/α,β-unsaturated/α-hetero) is 1. The van der Waals surface area contributed by atoms with Crippen molar-refractivity contribution in [2.24, 2.45) is 22.7 Å². The summed E-state index contributed by atoms with van der Waals surface area (Å²) in [5.74, 6) is 0.415. The number of carbonyl (C=O) groups is 1. The van der Waals surface area contributed by atoms with Crippen molar-refractivity contribution >= 4 is 5.78 Å². The minimum Gasteiger partial charge on any atom is -0.296 e. The first-order chi connectivity index (χ1) is 6.29. The van der Waals surface area contributed by atoms with E-state index < -0.39 is 5.67 Å². The van der Waals surface area contributed by atoms with E-state index in [0.717, 1.165) is 6.42 Å². The van der Waals surface area contributed by atoms with Gasteiger partial charge < -0.3 is 0 Å². The van der Waals surface area contributed by atoms with Gasteiger partial charge in [0.1, 0.15) is 0 Å². The van der Waals surface area contributed by atoms with E-state index in [0.29, 0.717) is 18.8 Å². The predicted molar refractivity (Wildman–Crippen MR) is 51.6 cm³/mol. The second-order valence-electron chi connectivity index (χ2n) is 6.61. The number of alkyl halides is 1. The molecule has 2 heteroatoms. The molecule has 0 aromatic rings. The minimum atomic E-state index is -1.48. The molecule has 3 fully saturated rings. The maximum Gasteiger partial charge on any atom is 0.173 e. The Balaban J connectivity index is 2.12. The van der Waals surface area contributed by atoms with Crippen molar-refractivity contribution in [3.63, 3.8) is 0 Å². The molecule has 3 saturated carbocycles. The first kappa shape index (κ1) is 8.87. The molecule has 0 N–H and O–H groups in total. The van der Waals surface area contributed by atoms with Crippen LogP contribution < -0.4 is 0 Å². The molecule has 0 saturated heterocycles. The summed E-state index contributed by atoms with van der Waals surface area (Å²) in [6.07, 6.45) is 2.00. The van der Waals surface area contributed by atoms with Gasteiger partial charge in [-0.15, -0.1) is 0 Å². The van der Waals surface area contributed by atoms with Gasteiger partial charge in [0.2, 0.25) is 0 Å². The van der Waals surface area contributed by atoms with Crippen LogP contribution >= 0.6 is 0 Å². The van der Waals surface area contributed by atoms with Gasteiger partial charge in [0, 0.05) is 5.92 Å². The lowest BCUT2D eigenvalue weighted by molar-refractivity contribution is -0.154. The van der Waals surface area contributed by atoms with E-state index >= 15 is 0 Å². The van der Waals surface area contributed by atoms with E-state index in [2.05, 4.69) is 20.8 Å². The Morgan fingerprint density at radius 3 is 2.57 bits per heavy atom. The maximum absolute atomic E-state index is 14.4. The van der Waals surface area contributed by atoms with Gasteiger partial charge in [0.05, 0.1) is 0 Å². The van der Waals surface area contributed by atoms with Crippen molar-refractivity contribution in [3.8, 4) is 0 Å². The van der Waals surface area contributed by atoms with Crippen LogP contribution in [0, 0.1) is 22.7 Å². The van der Waals surface area contributed by atoms with Crippen molar-refractivity contribution < 1.29 is 9.18 Å². The second-order valence-corrected chi connectivity index (χ2v) is 6.61. The molecule has 0 amide bonds. The molecule has 0 spiro atoms. The van der Waals surface area contributed by atoms with E-state index in [1.807, 2.05) is 0 Å². The molecule has 3 aliphatic rings. The number of ketones is 1. The van der Waals surface area contributed by atoms with E-state index in [-0.39, 0.29) is 22.5 Å². The van der Waals surface area contributed by atoms with E-state index in [1.165, 1.54) is 0 Å². The number of hydrogen-bond donors (Lipinski definition) is 0. The van der Waals surface area contributed by atoms with Crippen molar-refractivity contribution in [2.45, 2.75) is 45.7 Å². The molecule has 2 bridgehead atoms. The molecule has 3 rings (SSSR count). The van der Waals surface area contributed by atoms with Crippen LogP contribution in [0.3, 0.4) is 0 Å². The molecule has 0 radical (unpaired) electrons. The number of halogens is 1.